The van der Waals surface area contributed by atoms with Crippen LogP contribution in [-0.4, -0.2) is 14.6 Å². The molecule has 106 valence electrons. The smallest absolute Gasteiger partial charge is 0.490 e. The molecule has 0 aliphatic carbocycles. The molecule has 0 radical (unpaired) electrons. The van der Waals surface area contributed by atoms with Crippen LogP contribution < -0.4 is 9.62 Å². The molecule has 1 aromatic carbocycles. The molecule has 0 heterocycles. The van der Waals surface area contributed by atoms with Crippen LogP contribution in [0.15, 0.2) is 30.3 Å². The predicted octanol–water partition coefficient (Wildman–Crippen LogP) is 1.12. The lowest BCUT2D eigenvalue weighted by Gasteiger charge is -2.17. The fourth-order valence-corrected chi connectivity index (χ4v) is 3.33. The topological polar surface area (TPSA) is 95.5 Å². The fourth-order valence-electron chi connectivity index (χ4n) is 1.38. The van der Waals surface area contributed by atoms with E-state index in [9.17, 15) is 17.9 Å². The molecule has 0 aromatic heterocycles. The van der Waals surface area contributed by atoms with Crippen molar-refractivity contribution in [3.63, 3.8) is 0 Å². The van der Waals surface area contributed by atoms with E-state index < -0.39 is 24.5 Å². The van der Waals surface area contributed by atoms with Gasteiger partial charge in [-0.25, -0.2) is 8.42 Å². The van der Waals surface area contributed by atoms with Crippen LogP contribution in [-0.2, 0) is 24.9 Å². The second-order valence-corrected chi connectivity index (χ2v) is 6.77. The molecular formula is C11H16NO5PS. The van der Waals surface area contributed by atoms with Gasteiger partial charge in [-0.15, -0.1) is 4.52 Å². The summed E-state index contributed by atoms with van der Waals surface area (Å²) in [5.41, 5.74) is 0.615. The molecule has 1 aromatic rings. The van der Waals surface area contributed by atoms with Crippen molar-refractivity contribution >= 4 is 18.3 Å². The van der Waals surface area contributed by atoms with Gasteiger partial charge in [-0.1, -0.05) is 44.2 Å². The van der Waals surface area contributed by atoms with E-state index in [1.807, 2.05) is 0 Å². The van der Waals surface area contributed by atoms with Gasteiger partial charge in [0.05, 0.1) is 5.75 Å². The lowest BCUT2D eigenvalue weighted by atomic mass is 10.2. The van der Waals surface area contributed by atoms with Crippen molar-refractivity contribution in [3.05, 3.63) is 35.9 Å². The molecule has 6 nitrogen and oxygen atoms in total. The molecule has 1 N–H and O–H groups in total. The molecule has 0 saturated heterocycles. The Balaban J connectivity index is 2.74. The average molecular weight is 305 g/mol. The summed E-state index contributed by atoms with van der Waals surface area (Å²) in [6.07, 6.45) is -1.09. The molecule has 0 bridgehead atoms. The maximum Gasteiger partial charge on any atom is 0.490 e. The van der Waals surface area contributed by atoms with Gasteiger partial charge < -0.3 is 4.89 Å². The maximum absolute atomic E-state index is 11.9. The molecular weight excluding hydrogens is 289 g/mol. The average Bonchev–Trinajstić information content (AvgIpc) is 2.27. The Bertz CT molecular complexity index is 517. The molecule has 8 heteroatoms. The first-order chi connectivity index (χ1) is 8.80. The second kappa shape index (κ2) is 7.07. The fraction of sp³-hybridized carbons (Fsp3) is 0.455. The van der Waals surface area contributed by atoms with E-state index in [1.165, 1.54) is 0 Å². The molecule has 1 rings (SSSR count). The summed E-state index contributed by atoms with van der Waals surface area (Å²) in [6.45, 7) is 3.32. The second-order valence-electron chi connectivity index (χ2n) is 4.36. The predicted molar refractivity (Wildman–Crippen MR) is 69.5 cm³/mol. The van der Waals surface area contributed by atoms with Gasteiger partial charge in [0.1, 0.15) is 0 Å². The Morgan fingerprint density at radius 2 is 1.89 bits per heavy atom. The summed E-state index contributed by atoms with van der Waals surface area (Å²) in [5.74, 6) is -0.533. The number of benzene rings is 1. The SMILES string of the molecule is CC(C)C(NS(=O)(=O)Cc1ccccc1)O[P+](=O)[O-]. The van der Waals surface area contributed by atoms with Crippen LogP contribution >= 0.6 is 8.25 Å². The van der Waals surface area contributed by atoms with E-state index in [4.69, 9.17) is 0 Å². The molecule has 19 heavy (non-hydrogen) atoms. The minimum absolute atomic E-state index is 0.226. The highest BCUT2D eigenvalue weighted by atomic mass is 32.2. The van der Waals surface area contributed by atoms with Crippen LogP contribution in [0.2, 0.25) is 0 Å². The summed E-state index contributed by atoms with van der Waals surface area (Å²) < 4.78 is 41.1. The van der Waals surface area contributed by atoms with Gasteiger partial charge in [-0.05, 0) is 16.0 Å². The quantitative estimate of drug-likeness (QED) is 0.601. The number of rotatable bonds is 7. The third-order valence-corrected chi connectivity index (χ3v) is 4.00. The summed E-state index contributed by atoms with van der Waals surface area (Å²) >= 11 is 0. The first-order valence-corrected chi connectivity index (χ1v) is 8.40. The van der Waals surface area contributed by atoms with Crippen molar-refractivity contribution in [1.82, 2.24) is 4.72 Å². The Morgan fingerprint density at radius 3 is 2.37 bits per heavy atom. The van der Waals surface area contributed by atoms with Gasteiger partial charge in [0.15, 0.2) is 6.23 Å². The van der Waals surface area contributed by atoms with Crippen LogP contribution in [0.4, 0.5) is 0 Å². The standard InChI is InChI=1S/C11H16NO5PS/c1-9(2)11(17-18(13)14)12-19(15,16)8-10-6-4-3-5-7-10/h3-7,9,11-12H,8H2,1-2H3. The zero-order valence-corrected chi connectivity index (χ0v) is 12.4. The van der Waals surface area contributed by atoms with Crippen LogP contribution in [0.1, 0.15) is 19.4 Å². The summed E-state index contributed by atoms with van der Waals surface area (Å²) in [7, 11) is -6.78. The van der Waals surface area contributed by atoms with Crippen molar-refractivity contribution in [3.8, 4) is 0 Å². The Kier molecular flexibility index (Phi) is 6.03. The number of sulfonamides is 1. The highest BCUT2D eigenvalue weighted by molar-refractivity contribution is 7.88. The molecule has 0 amide bonds. The van der Waals surface area contributed by atoms with E-state index in [-0.39, 0.29) is 11.7 Å². The Hall–Kier alpha value is -0.850. The van der Waals surface area contributed by atoms with Gasteiger partial charge in [-0.3, -0.25) is 0 Å². The van der Waals surface area contributed by atoms with Gasteiger partial charge in [0.2, 0.25) is 10.0 Å². The van der Waals surface area contributed by atoms with Crippen molar-refractivity contribution in [1.29, 1.82) is 0 Å². The molecule has 2 unspecified atom stereocenters. The third-order valence-electron chi connectivity index (χ3n) is 2.30. The van der Waals surface area contributed by atoms with E-state index in [0.717, 1.165) is 0 Å². The van der Waals surface area contributed by atoms with Crippen molar-refractivity contribution < 1.29 is 22.4 Å². The van der Waals surface area contributed by atoms with Crippen molar-refractivity contribution in [2.24, 2.45) is 5.92 Å². The highest BCUT2D eigenvalue weighted by Crippen LogP contribution is 2.18. The lowest BCUT2D eigenvalue weighted by molar-refractivity contribution is -0.191. The highest BCUT2D eigenvalue weighted by Gasteiger charge is 2.26. The number of hydrogen-bond donors (Lipinski definition) is 1. The largest absolute Gasteiger partial charge is 0.566 e. The number of nitrogens with one attached hydrogen (secondary N) is 1. The van der Waals surface area contributed by atoms with E-state index in [2.05, 4.69) is 9.25 Å². The maximum atomic E-state index is 11.9. The first-order valence-electron chi connectivity index (χ1n) is 5.65. The minimum atomic E-state index is -3.67. The van der Waals surface area contributed by atoms with E-state index in [1.54, 1.807) is 44.2 Å². The van der Waals surface area contributed by atoms with Crippen molar-refractivity contribution in [2.45, 2.75) is 25.8 Å². The molecule has 0 spiro atoms. The summed E-state index contributed by atoms with van der Waals surface area (Å²) in [5, 5.41) is 0. The summed E-state index contributed by atoms with van der Waals surface area (Å²) in [6, 6.07) is 8.61. The Labute approximate surface area is 113 Å². The van der Waals surface area contributed by atoms with Gasteiger partial charge in [0, 0.05) is 0 Å². The Morgan fingerprint density at radius 1 is 1.32 bits per heavy atom. The van der Waals surface area contributed by atoms with Crippen molar-refractivity contribution in [2.75, 3.05) is 0 Å². The molecule has 0 saturated carbocycles. The monoisotopic (exact) mass is 305 g/mol. The van der Waals surface area contributed by atoms with Gasteiger partial charge in [-0.2, -0.15) is 4.72 Å². The molecule has 0 aliphatic rings. The lowest BCUT2D eigenvalue weighted by Crippen LogP contribution is -2.40. The van der Waals surface area contributed by atoms with Crippen LogP contribution in [0.3, 0.4) is 0 Å². The van der Waals surface area contributed by atoms with Crippen LogP contribution in [0.5, 0.6) is 0 Å². The van der Waals surface area contributed by atoms with Crippen LogP contribution in [0, 0.1) is 5.92 Å². The zero-order valence-electron chi connectivity index (χ0n) is 10.6. The van der Waals surface area contributed by atoms with E-state index in [0.29, 0.717) is 5.56 Å². The normalized spacial score (nSPS) is 14.4. The van der Waals surface area contributed by atoms with Crippen LogP contribution in [0.25, 0.3) is 0 Å². The number of hydrogen-bond acceptors (Lipinski definition) is 5. The van der Waals surface area contributed by atoms with E-state index >= 15 is 0 Å². The zero-order chi connectivity index (χ0) is 14.5. The van der Waals surface area contributed by atoms with Gasteiger partial charge >= 0.3 is 8.25 Å². The van der Waals surface area contributed by atoms with Gasteiger partial charge in [0.25, 0.3) is 0 Å². The minimum Gasteiger partial charge on any atom is -0.566 e. The third kappa shape index (κ3) is 6.22. The molecule has 0 fully saturated rings. The summed E-state index contributed by atoms with van der Waals surface area (Å²) in [4.78, 5) is 10.5. The molecule has 0 aliphatic heterocycles. The molecule has 2 atom stereocenters. The first kappa shape index (κ1) is 16.2.